The molecule has 1 aliphatic heterocycles. The van der Waals surface area contributed by atoms with Gasteiger partial charge < -0.3 is 14.8 Å². The van der Waals surface area contributed by atoms with Gasteiger partial charge in [0, 0.05) is 25.1 Å². The quantitative estimate of drug-likeness (QED) is 0.752. The van der Waals surface area contributed by atoms with Crippen LogP contribution in [0.2, 0.25) is 0 Å². The topological polar surface area (TPSA) is 30.5 Å². The number of methoxy groups -OCH3 is 1. The Morgan fingerprint density at radius 1 is 1.35 bits per heavy atom. The zero-order valence-electron chi connectivity index (χ0n) is 10.1. The predicted octanol–water partition coefficient (Wildman–Crippen LogP) is 1.91. The molecule has 1 aliphatic rings. The van der Waals surface area contributed by atoms with E-state index >= 15 is 0 Å². The summed E-state index contributed by atoms with van der Waals surface area (Å²) >= 11 is 1.91. The van der Waals surface area contributed by atoms with Crippen molar-refractivity contribution in [1.29, 1.82) is 0 Å². The highest BCUT2D eigenvalue weighted by atomic mass is 32.2. The van der Waals surface area contributed by atoms with Gasteiger partial charge in [0.05, 0.1) is 25.1 Å². The van der Waals surface area contributed by atoms with E-state index in [1.165, 1.54) is 10.5 Å². The van der Waals surface area contributed by atoms with Gasteiger partial charge in [-0.15, -0.1) is 11.8 Å². The Morgan fingerprint density at radius 3 is 2.71 bits per heavy atom. The Hall–Kier alpha value is -0.550. The van der Waals surface area contributed by atoms with E-state index in [9.17, 15) is 0 Å². The molecule has 1 aromatic rings. The summed E-state index contributed by atoms with van der Waals surface area (Å²) < 4.78 is 10.1. The van der Waals surface area contributed by atoms with Crippen LogP contribution in [0.5, 0.6) is 0 Å². The molecule has 0 aliphatic carbocycles. The van der Waals surface area contributed by atoms with Crippen LogP contribution in [-0.4, -0.2) is 38.7 Å². The zero-order valence-corrected chi connectivity index (χ0v) is 11.0. The Morgan fingerprint density at radius 2 is 2.12 bits per heavy atom. The third-order valence-corrected chi connectivity index (χ3v) is 3.80. The summed E-state index contributed by atoms with van der Waals surface area (Å²) in [7, 11) is 1.72. The van der Waals surface area contributed by atoms with Gasteiger partial charge in [0.15, 0.2) is 0 Å². The van der Waals surface area contributed by atoms with Crippen LogP contribution in [0.25, 0.3) is 0 Å². The molecular weight excluding hydrogens is 234 g/mol. The van der Waals surface area contributed by atoms with Crippen LogP contribution in [0, 0.1) is 0 Å². The van der Waals surface area contributed by atoms with Crippen LogP contribution in [0.4, 0.5) is 0 Å². The molecule has 3 nitrogen and oxygen atoms in total. The maximum Gasteiger partial charge on any atom is 0.0611 e. The Balaban J connectivity index is 1.72. The maximum absolute atomic E-state index is 5.16. The second-order valence-electron chi connectivity index (χ2n) is 4.09. The van der Waals surface area contributed by atoms with Gasteiger partial charge in [-0.05, 0) is 17.7 Å². The normalized spacial score (nSPS) is 15.8. The molecule has 1 heterocycles. The summed E-state index contributed by atoms with van der Waals surface area (Å²) in [6, 6.07) is 8.75. The lowest BCUT2D eigenvalue weighted by molar-refractivity contribution is 0.0455. The summed E-state index contributed by atoms with van der Waals surface area (Å²) in [4.78, 5) is 1.33. The first-order chi connectivity index (χ1) is 8.38. The number of thioether (sulfide) groups is 1. The Labute approximate surface area is 107 Å². The summed E-state index contributed by atoms with van der Waals surface area (Å²) in [5, 5.41) is 3.99. The highest BCUT2D eigenvalue weighted by Crippen LogP contribution is 2.27. The van der Waals surface area contributed by atoms with Crippen molar-refractivity contribution in [2.24, 2.45) is 0 Å². The number of hydrogen-bond donors (Lipinski definition) is 1. The van der Waals surface area contributed by atoms with Crippen molar-refractivity contribution in [2.45, 2.75) is 16.7 Å². The number of nitrogens with one attached hydrogen (secondary N) is 1. The fraction of sp³-hybridized carbons (Fsp3) is 0.538. The van der Waals surface area contributed by atoms with Crippen LogP contribution in [0.3, 0.4) is 0 Å². The van der Waals surface area contributed by atoms with Crippen LogP contribution >= 0.6 is 11.8 Å². The smallest absolute Gasteiger partial charge is 0.0611 e. The van der Waals surface area contributed by atoms with E-state index in [0.29, 0.717) is 5.25 Å². The van der Waals surface area contributed by atoms with Crippen LogP contribution in [-0.2, 0) is 16.0 Å². The lowest BCUT2D eigenvalue weighted by atomic mass is 10.2. The lowest BCUT2D eigenvalue weighted by Gasteiger charge is -2.25. The van der Waals surface area contributed by atoms with E-state index in [4.69, 9.17) is 9.47 Å². The highest BCUT2D eigenvalue weighted by Gasteiger charge is 2.19. The molecule has 2 rings (SSSR count). The van der Waals surface area contributed by atoms with Gasteiger partial charge in [-0.25, -0.2) is 0 Å². The predicted molar refractivity (Wildman–Crippen MR) is 70.5 cm³/mol. The van der Waals surface area contributed by atoms with Crippen molar-refractivity contribution < 1.29 is 9.47 Å². The van der Waals surface area contributed by atoms with Gasteiger partial charge >= 0.3 is 0 Å². The van der Waals surface area contributed by atoms with Crippen molar-refractivity contribution >= 4 is 11.8 Å². The van der Waals surface area contributed by atoms with Gasteiger partial charge in [-0.2, -0.15) is 0 Å². The number of benzene rings is 1. The molecule has 1 fully saturated rings. The Bertz CT molecular complexity index is 325. The second kappa shape index (κ2) is 7.01. The SMILES string of the molecule is COCCNCc1ccc(SC2COC2)cc1. The molecule has 0 unspecified atom stereocenters. The summed E-state index contributed by atoms with van der Waals surface area (Å²) in [6.45, 7) is 4.35. The summed E-state index contributed by atoms with van der Waals surface area (Å²) in [5.74, 6) is 0. The van der Waals surface area contributed by atoms with Crippen LogP contribution < -0.4 is 5.32 Å². The third kappa shape index (κ3) is 4.32. The molecule has 1 N–H and O–H groups in total. The molecule has 1 saturated heterocycles. The molecule has 0 spiro atoms. The van der Waals surface area contributed by atoms with E-state index in [1.807, 2.05) is 11.8 Å². The average Bonchev–Trinajstić information content (AvgIpc) is 2.31. The second-order valence-corrected chi connectivity index (χ2v) is 5.46. The first kappa shape index (κ1) is 12.9. The van der Waals surface area contributed by atoms with E-state index in [-0.39, 0.29) is 0 Å². The highest BCUT2D eigenvalue weighted by molar-refractivity contribution is 8.00. The molecular formula is C13H19NO2S. The minimum Gasteiger partial charge on any atom is -0.383 e. The minimum atomic E-state index is 0.653. The van der Waals surface area contributed by atoms with Crippen molar-refractivity contribution in [1.82, 2.24) is 5.32 Å². The number of ether oxygens (including phenoxy) is 2. The first-order valence-electron chi connectivity index (χ1n) is 5.91. The van der Waals surface area contributed by atoms with Gasteiger partial charge in [0.2, 0.25) is 0 Å². The van der Waals surface area contributed by atoms with Crippen LogP contribution in [0.1, 0.15) is 5.56 Å². The van der Waals surface area contributed by atoms with Crippen molar-refractivity contribution in [2.75, 3.05) is 33.5 Å². The monoisotopic (exact) mass is 253 g/mol. The van der Waals surface area contributed by atoms with E-state index in [2.05, 4.69) is 29.6 Å². The minimum absolute atomic E-state index is 0.653. The summed E-state index contributed by atoms with van der Waals surface area (Å²) in [5.41, 5.74) is 1.32. The lowest BCUT2D eigenvalue weighted by Crippen LogP contribution is -2.29. The molecule has 0 radical (unpaired) electrons. The number of hydrogen-bond acceptors (Lipinski definition) is 4. The average molecular weight is 253 g/mol. The molecule has 4 heteroatoms. The molecule has 0 aromatic heterocycles. The van der Waals surface area contributed by atoms with E-state index in [0.717, 1.165) is 32.9 Å². The van der Waals surface area contributed by atoms with Crippen molar-refractivity contribution in [3.05, 3.63) is 29.8 Å². The number of rotatable bonds is 7. The van der Waals surface area contributed by atoms with E-state index < -0.39 is 0 Å². The van der Waals surface area contributed by atoms with Crippen molar-refractivity contribution in [3.8, 4) is 0 Å². The molecule has 0 amide bonds. The zero-order chi connectivity index (χ0) is 11.9. The fourth-order valence-corrected chi connectivity index (χ4v) is 2.57. The third-order valence-electron chi connectivity index (χ3n) is 2.65. The molecule has 17 heavy (non-hydrogen) atoms. The van der Waals surface area contributed by atoms with Crippen molar-refractivity contribution in [3.63, 3.8) is 0 Å². The maximum atomic E-state index is 5.16. The molecule has 94 valence electrons. The van der Waals surface area contributed by atoms with Crippen LogP contribution in [0.15, 0.2) is 29.2 Å². The molecule has 1 aromatic carbocycles. The molecule has 0 atom stereocenters. The Kier molecular flexibility index (Phi) is 5.32. The van der Waals surface area contributed by atoms with Gasteiger partial charge in [-0.1, -0.05) is 12.1 Å². The van der Waals surface area contributed by atoms with Gasteiger partial charge in [0.25, 0.3) is 0 Å². The first-order valence-corrected chi connectivity index (χ1v) is 6.79. The van der Waals surface area contributed by atoms with Gasteiger partial charge in [-0.3, -0.25) is 0 Å². The fourth-order valence-electron chi connectivity index (χ4n) is 1.57. The van der Waals surface area contributed by atoms with Gasteiger partial charge in [0.1, 0.15) is 0 Å². The molecule has 0 saturated carbocycles. The largest absolute Gasteiger partial charge is 0.383 e. The molecule has 0 bridgehead atoms. The standard InChI is InChI=1S/C13H19NO2S/c1-15-7-6-14-8-11-2-4-12(5-3-11)17-13-9-16-10-13/h2-5,13-14H,6-10H2,1H3. The summed E-state index contributed by atoms with van der Waals surface area (Å²) in [6.07, 6.45) is 0. The van der Waals surface area contributed by atoms with E-state index in [1.54, 1.807) is 7.11 Å².